The average molecular weight is 288 g/mol. The molecule has 1 aromatic carbocycles. The minimum absolute atomic E-state index is 0.209. The van der Waals surface area contributed by atoms with Crippen molar-refractivity contribution in [1.29, 1.82) is 0 Å². The number of carbonyl (C=O) groups is 1. The Morgan fingerprint density at radius 3 is 2.81 bits per heavy atom. The Hall–Kier alpha value is -1.86. The molecule has 1 amide bonds. The zero-order valence-electron chi connectivity index (χ0n) is 12.1. The van der Waals surface area contributed by atoms with Crippen molar-refractivity contribution in [2.45, 2.75) is 32.1 Å². The molecular weight excluding hydrogens is 267 g/mol. The predicted octanol–water partition coefficient (Wildman–Crippen LogP) is 2.45. The summed E-state index contributed by atoms with van der Waals surface area (Å²) in [6.45, 7) is 0.861. The van der Waals surface area contributed by atoms with Gasteiger partial charge in [-0.05, 0) is 37.0 Å². The van der Waals surface area contributed by atoms with Gasteiger partial charge in [0.05, 0.1) is 12.1 Å². The molecule has 1 aliphatic carbocycles. The third kappa shape index (κ3) is 4.57. The summed E-state index contributed by atoms with van der Waals surface area (Å²) in [6, 6.07) is 4.06. The van der Waals surface area contributed by atoms with Crippen LogP contribution in [0.15, 0.2) is 18.2 Å². The van der Waals surface area contributed by atoms with E-state index in [4.69, 9.17) is 5.73 Å². The molecule has 4 heteroatoms. The van der Waals surface area contributed by atoms with Crippen molar-refractivity contribution >= 4 is 5.91 Å². The van der Waals surface area contributed by atoms with Crippen LogP contribution in [-0.2, 0) is 0 Å². The van der Waals surface area contributed by atoms with Crippen molar-refractivity contribution in [2.75, 3.05) is 13.1 Å². The van der Waals surface area contributed by atoms with Crippen LogP contribution < -0.4 is 11.1 Å². The summed E-state index contributed by atoms with van der Waals surface area (Å²) >= 11 is 0. The number of benzene rings is 1. The molecule has 0 radical (unpaired) electrons. The van der Waals surface area contributed by atoms with Crippen LogP contribution in [0.3, 0.4) is 0 Å². The van der Waals surface area contributed by atoms with Crippen LogP contribution in [0.2, 0.25) is 0 Å². The first kappa shape index (κ1) is 15.5. The van der Waals surface area contributed by atoms with Crippen LogP contribution >= 0.6 is 0 Å². The quantitative estimate of drug-likeness (QED) is 0.839. The fourth-order valence-corrected chi connectivity index (χ4v) is 2.68. The molecule has 2 rings (SSSR count). The van der Waals surface area contributed by atoms with E-state index in [1.807, 2.05) is 0 Å². The monoisotopic (exact) mass is 288 g/mol. The van der Waals surface area contributed by atoms with E-state index in [0.717, 1.165) is 12.8 Å². The van der Waals surface area contributed by atoms with E-state index >= 15 is 0 Å². The van der Waals surface area contributed by atoms with Crippen molar-refractivity contribution < 1.29 is 9.18 Å². The molecule has 1 aliphatic rings. The highest BCUT2D eigenvalue weighted by molar-refractivity contribution is 5.96. The predicted molar refractivity (Wildman–Crippen MR) is 81.2 cm³/mol. The zero-order chi connectivity index (χ0) is 15.1. The van der Waals surface area contributed by atoms with Gasteiger partial charge in [-0.25, -0.2) is 4.39 Å². The first-order chi connectivity index (χ1) is 10.2. The lowest BCUT2D eigenvalue weighted by atomic mass is 9.89. The van der Waals surface area contributed by atoms with E-state index in [2.05, 4.69) is 17.2 Å². The van der Waals surface area contributed by atoms with E-state index in [1.54, 1.807) is 0 Å². The highest BCUT2D eigenvalue weighted by Crippen LogP contribution is 2.23. The largest absolute Gasteiger partial charge is 0.352 e. The summed E-state index contributed by atoms with van der Waals surface area (Å²) in [4.78, 5) is 12.2. The van der Waals surface area contributed by atoms with Crippen LogP contribution in [-0.4, -0.2) is 19.0 Å². The van der Waals surface area contributed by atoms with Gasteiger partial charge >= 0.3 is 0 Å². The Morgan fingerprint density at radius 2 is 2.10 bits per heavy atom. The maximum atomic E-state index is 13.4. The Kier molecular flexibility index (Phi) is 5.77. The molecule has 0 atom stereocenters. The molecule has 1 saturated carbocycles. The summed E-state index contributed by atoms with van der Waals surface area (Å²) in [5.41, 5.74) is 6.14. The summed E-state index contributed by atoms with van der Waals surface area (Å²) in [7, 11) is 0. The molecule has 0 saturated heterocycles. The Bertz CT molecular complexity index is 554. The van der Waals surface area contributed by atoms with Gasteiger partial charge in [0.15, 0.2) is 0 Å². The van der Waals surface area contributed by atoms with Gasteiger partial charge in [0.1, 0.15) is 5.82 Å². The number of amides is 1. The molecule has 1 aromatic rings. The molecule has 1 fully saturated rings. The molecule has 0 unspecified atom stereocenters. The smallest absolute Gasteiger partial charge is 0.252 e. The van der Waals surface area contributed by atoms with E-state index in [1.165, 1.54) is 37.5 Å². The molecule has 21 heavy (non-hydrogen) atoms. The van der Waals surface area contributed by atoms with E-state index in [0.29, 0.717) is 18.0 Å². The summed E-state index contributed by atoms with van der Waals surface area (Å²) in [5, 5.41) is 2.91. The number of halogens is 1. The first-order valence-electron chi connectivity index (χ1n) is 7.47. The second kappa shape index (κ2) is 7.80. The first-order valence-corrected chi connectivity index (χ1v) is 7.47. The second-order valence-electron chi connectivity index (χ2n) is 5.41. The number of nitrogens with one attached hydrogen (secondary N) is 1. The maximum Gasteiger partial charge on any atom is 0.252 e. The van der Waals surface area contributed by atoms with Gasteiger partial charge < -0.3 is 11.1 Å². The minimum atomic E-state index is -0.434. The maximum absolute atomic E-state index is 13.4. The van der Waals surface area contributed by atoms with Crippen molar-refractivity contribution in [1.82, 2.24) is 5.32 Å². The second-order valence-corrected chi connectivity index (χ2v) is 5.41. The van der Waals surface area contributed by atoms with Gasteiger partial charge in [0.2, 0.25) is 0 Å². The van der Waals surface area contributed by atoms with Gasteiger partial charge in [-0.1, -0.05) is 31.1 Å². The minimum Gasteiger partial charge on any atom is -0.352 e. The SMILES string of the molecule is NCC#Cc1ccc(F)cc1C(=O)NCC1CCCCC1. The molecular formula is C17H21FN2O. The summed E-state index contributed by atoms with van der Waals surface area (Å²) < 4.78 is 13.4. The van der Waals surface area contributed by atoms with E-state index in [9.17, 15) is 9.18 Å². The lowest BCUT2D eigenvalue weighted by Gasteiger charge is -2.21. The van der Waals surface area contributed by atoms with Crippen molar-refractivity contribution in [2.24, 2.45) is 11.7 Å². The molecule has 3 N–H and O–H groups in total. The highest BCUT2D eigenvalue weighted by atomic mass is 19.1. The molecule has 112 valence electrons. The van der Waals surface area contributed by atoms with Crippen LogP contribution in [0.1, 0.15) is 48.0 Å². The normalized spacial score (nSPS) is 15.1. The van der Waals surface area contributed by atoms with Crippen LogP contribution in [0.4, 0.5) is 4.39 Å². The van der Waals surface area contributed by atoms with Gasteiger partial charge in [-0.3, -0.25) is 4.79 Å². The number of nitrogens with two attached hydrogens (primary N) is 1. The third-order valence-corrected chi connectivity index (χ3v) is 3.83. The van der Waals surface area contributed by atoms with Crippen molar-refractivity contribution in [3.05, 3.63) is 35.1 Å². The van der Waals surface area contributed by atoms with Gasteiger partial charge in [-0.15, -0.1) is 0 Å². The van der Waals surface area contributed by atoms with Crippen LogP contribution in [0.25, 0.3) is 0 Å². The lowest BCUT2D eigenvalue weighted by molar-refractivity contribution is 0.0943. The number of rotatable bonds is 3. The number of carbonyl (C=O) groups excluding carboxylic acids is 1. The molecule has 0 heterocycles. The summed E-state index contributed by atoms with van der Waals surface area (Å²) in [6.07, 6.45) is 6.06. The van der Waals surface area contributed by atoms with E-state index in [-0.39, 0.29) is 18.0 Å². The van der Waals surface area contributed by atoms with Gasteiger partial charge in [0.25, 0.3) is 5.91 Å². The number of hydrogen-bond acceptors (Lipinski definition) is 2. The highest BCUT2D eigenvalue weighted by Gasteiger charge is 2.16. The molecule has 0 aliphatic heterocycles. The van der Waals surface area contributed by atoms with Crippen molar-refractivity contribution in [3.8, 4) is 11.8 Å². The van der Waals surface area contributed by atoms with Crippen LogP contribution in [0, 0.1) is 23.6 Å². The standard InChI is InChI=1S/C17H21FN2O/c18-15-9-8-14(7-4-10-19)16(11-15)17(21)20-12-13-5-2-1-3-6-13/h8-9,11,13H,1-3,5-6,10,12,19H2,(H,20,21). The fraction of sp³-hybridized carbons (Fsp3) is 0.471. The fourth-order valence-electron chi connectivity index (χ4n) is 2.68. The number of hydrogen-bond donors (Lipinski definition) is 2. The van der Waals surface area contributed by atoms with E-state index < -0.39 is 5.82 Å². The molecule has 0 spiro atoms. The lowest BCUT2D eigenvalue weighted by Crippen LogP contribution is -2.30. The van der Waals surface area contributed by atoms with Gasteiger partial charge in [0, 0.05) is 12.1 Å². The van der Waals surface area contributed by atoms with Crippen LogP contribution in [0.5, 0.6) is 0 Å². The molecule has 0 bridgehead atoms. The summed E-state index contributed by atoms with van der Waals surface area (Å²) in [5.74, 6) is 5.36. The van der Waals surface area contributed by atoms with Crippen molar-refractivity contribution in [3.63, 3.8) is 0 Å². The third-order valence-electron chi connectivity index (χ3n) is 3.83. The molecule has 0 aromatic heterocycles. The Morgan fingerprint density at radius 1 is 1.33 bits per heavy atom. The average Bonchev–Trinajstić information content (AvgIpc) is 2.52. The topological polar surface area (TPSA) is 55.1 Å². The van der Waals surface area contributed by atoms with Gasteiger partial charge in [-0.2, -0.15) is 0 Å². The Labute approximate surface area is 125 Å². The Balaban J connectivity index is 2.04. The molecule has 3 nitrogen and oxygen atoms in total. The zero-order valence-corrected chi connectivity index (χ0v) is 12.1.